The minimum Gasteiger partial charge on any atom is -0.455 e. The molecule has 0 radical (unpaired) electrons. The Bertz CT molecular complexity index is 846. The number of imidazole rings is 1. The molecule has 2 aliphatic rings. The van der Waals surface area contributed by atoms with Crippen molar-refractivity contribution in [3.8, 4) is 0 Å². The molecule has 0 bridgehead atoms. The number of carbonyl (C=O) groups is 2. The van der Waals surface area contributed by atoms with Gasteiger partial charge in [0.25, 0.3) is 15.9 Å². The summed E-state index contributed by atoms with van der Waals surface area (Å²) in [6.45, 7) is 4.13. The number of hydrogen-bond acceptors (Lipinski definition) is 6. The molecule has 1 aromatic heterocycles. The average Bonchev–Trinajstić information content (AvgIpc) is 3.07. The summed E-state index contributed by atoms with van der Waals surface area (Å²) in [5.74, 6) is 0.215. The number of aryl methyl sites for hydroxylation is 2. The van der Waals surface area contributed by atoms with E-state index in [4.69, 9.17) is 4.74 Å². The molecule has 3 rings (SSSR count). The van der Waals surface area contributed by atoms with Crippen LogP contribution in [-0.2, 0) is 31.4 Å². The number of carbonyl (C=O) groups excluding carboxylic acids is 2. The second kappa shape index (κ2) is 9.47. The zero-order valence-electron chi connectivity index (χ0n) is 18.0. The molecule has 168 valence electrons. The Morgan fingerprint density at radius 2 is 1.80 bits per heavy atom. The number of aromatic nitrogens is 2. The van der Waals surface area contributed by atoms with Crippen molar-refractivity contribution < 1.29 is 22.7 Å². The number of hydrogen-bond donors (Lipinski definition) is 1. The van der Waals surface area contributed by atoms with Gasteiger partial charge in [0.2, 0.25) is 0 Å². The van der Waals surface area contributed by atoms with Crippen molar-refractivity contribution in [3.63, 3.8) is 0 Å². The summed E-state index contributed by atoms with van der Waals surface area (Å²) in [7, 11) is -1.93. The zero-order valence-corrected chi connectivity index (χ0v) is 18.8. The first-order valence-corrected chi connectivity index (χ1v) is 12.1. The number of nitrogens with zero attached hydrogens (tertiary/aromatic N) is 3. The fourth-order valence-corrected chi connectivity index (χ4v) is 5.54. The van der Waals surface area contributed by atoms with Gasteiger partial charge >= 0.3 is 5.97 Å². The summed E-state index contributed by atoms with van der Waals surface area (Å²) in [6, 6.07) is 0.163. The van der Waals surface area contributed by atoms with Crippen molar-refractivity contribution in [2.75, 3.05) is 19.7 Å². The summed E-state index contributed by atoms with van der Waals surface area (Å²) in [4.78, 5) is 28.5. The van der Waals surface area contributed by atoms with Gasteiger partial charge in [0, 0.05) is 32.4 Å². The third-order valence-electron chi connectivity index (χ3n) is 6.20. The maximum atomic E-state index is 12.7. The lowest BCUT2D eigenvalue weighted by Crippen LogP contribution is -2.42. The minimum atomic E-state index is -3.67. The lowest BCUT2D eigenvalue weighted by Gasteiger charge is -2.29. The van der Waals surface area contributed by atoms with Gasteiger partial charge in [0.1, 0.15) is 5.82 Å². The Morgan fingerprint density at radius 1 is 1.17 bits per heavy atom. The second-order valence-electron chi connectivity index (χ2n) is 8.55. The van der Waals surface area contributed by atoms with Crippen LogP contribution in [0.3, 0.4) is 0 Å². The fourth-order valence-electron chi connectivity index (χ4n) is 4.04. The van der Waals surface area contributed by atoms with Crippen molar-refractivity contribution in [2.24, 2.45) is 18.9 Å². The van der Waals surface area contributed by atoms with Crippen LogP contribution >= 0.6 is 0 Å². The van der Waals surface area contributed by atoms with Crippen molar-refractivity contribution in [1.82, 2.24) is 19.2 Å². The minimum absolute atomic E-state index is 0.0253. The van der Waals surface area contributed by atoms with E-state index >= 15 is 0 Å². The third kappa shape index (κ3) is 5.40. The molecule has 1 saturated carbocycles. The molecule has 1 saturated heterocycles. The molecule has 0 atom stereocenters. The van der Waals surface area contributed by atoms with Crippen LogP contribution in [0, 0.1) is 18.8 Å². The Morgan fingerprint density at radius 3 is 2.37 bits per heavy atom. The van der Waals surface area contributed by atoms with Crippen molar-refractivity contribution in [1.29, 1.82) is 0 Å². The smallest absolute Gasteiger partial charge is 0.309 e. The molecule has 1 aromatic rings. The van der Waals surface area contributed by atoms with Crippen LogP contribution in [0.1, 0.15) is 51.3 Å². The third-order valence-corrected chi connectivity index (χ3v) is 7.97. The maximum Gasteiger partial charge on any atom is 0.309 e. The van der Waals surface area contributed by atoms with Crippen LogP contribution in [0.5, 0.6) is 0 Å². The average molecular weight is 441 g/mol. The van der Waals surface area contributed by atoms with E-state index in [1.54, 1.807) is 18.5 Å². The van der Waals surface area contributed by atoms with Crippen molar-refractivity contribution in [3.05, 3.63) is 12.0 Å². The predicted octanol–water partition coefficient (Wildman–Crippen LogP) is 1.37. The lowest BCUT2D eigenvalue weighted by atomic mass is 9.87. The topological polar surface area (TPSA) is 111 Å². The molecule has 2 heterocycles. The highest BCUT2D eigenvalue weighted by Crippen LogP contribution is 2.25. The monoisotopic (exact) mass is 440 g/mol. The highest BCUT2D eigenvalue weighted by Gasteiger charge is 2.34. The van der Waals surface area contributed by atoms with Gasteiger partial charge in [-0.15, -0.1) is 0 Å². The van der Waals surface area contributed by atoms with Gasteiger partial charge in [-0.3, -0.25) is 9.59 Å². The van der Waals surface area contributed by atoms with Crippen LogP contribution in [-0.4, -0.2) is 59.9 Å². The largest absolute Gasteiger partial charge is 0.455 e. The van der Waals surface area contributed by atoms with Gasteiger partial charge < -0.3 is 14.6 Å². The number of amides is 1. The summed E-state index contributed by atoms with van der Waals surface area (Å²) in [5.41, 5.74) is 0. The molecule has 10 heteroatoms. The van der Waals surface area contributed by atoms with Gasteiger partial charge in [-0.1, -0.05) is 6.92 Å². The number of esters is 1. The molecule has 9 nitrogen and oxygen atoms in total. The van der Waals surface area contributed by atoms with Gasteiger partial charge in [-0.2, -0.15) is 4.31 Å². The van der Waals surface area contributed by atoms with Gasteiger partial charge in [-0.05, 0) is 51.4 Å². The molecule has 0 spiro atoms. The van der Waals surface area contributed by atoms with Crippen molar-refractivity contribution in [2.45, 2.75) is 63.4 Å². The number of nitrogens with one attached hydrogen (secondary N) is 1. The molecule has 30 heavy (non-hydrogen) atoms. The highest BCUT2D eigenvalue weighted by atomic mass is 32.2. The zero-order chi connectivity index (χ0) is 21.9. The van der Waals surface area contributed by atoms with E-state index in [1.165, 1.54) is 10.5 Å². The van der Waals surface area contributed by atoms with E-state index in [-0.39, 0.29) is 36.7 Å². The summed E-state index contributed by atoms with van der Waals surface area (Å²) >= 11 is 0. The van der Waals surface area contributed by atoms with Gasteiger partial charge in [-0.25, -0.2) is 13.4 Å². The summed E-state index contributed by atoms with van der Waals surface area (Å²) in [5, 5.41) is 2.96. The quantitative estimate of drug-likeness (QED) is 0.669. The first-order valence-electron chi connectivity index (χ1n) is 10.6. The SMILES string of the molecule is Cc1nc(S(=O)(=O)N2CCC(C(=O)OCC(=O)NC3CCC(C)CC3)CC2)cn1C. The predicted molar refractivity (Wildman–Crippen MR) is 110 cm³/mol. The Kier molecular flexibility index (Phi) is 7.18. The number of sulfonamides is 1. The van der Waals surface area contributed by atoms with Crippen LogP contribution in [0.2, 0.25) is 0 Å². The van der Waals surface area contributed by atoms with Crippen LogP contribution in [0.15, 0.2) is 11.2 Å². The number of ether oxygens (including phenoxy) is 1. The first-order chi connectivity index (χ1) is 14.2. The number of piperidine rings is 1. The molecular weight excluding hydrogens is 408 g/mol. The molecule has 2 fully saturated rings. The molecule has 0 aromatic carbocycles. The fraction of sp³-hybridized carbons (Fsp3) is 0.750. The molecule has 1 amide bonds. The Labute approximate surface area is 178 Å². The molecule has 1 aliphatic heterocycles. The molecule has 1 aliphatic carbocycles. The number of rotatable bonds is 6. The maximum absolute atomic E-state index is 12.7. The van der Waals surface area contributed by atoms with E-state index in [0.29, 0.717) is 24.6 Å². The van der Waals surface area contributed by atoms with E-state index in [0.717, 1.165) is 25.7 Å². The summed E-state index contributed by atoms with van der Waals surface area (Å²) in [6.07, 6.45) is 6.36. The normalized spacial score (nSPS) is 23.8. The Hall–Kier alpha value is -1.94. The molecular formula is C20H32N4O5S. The van der Waals surface area contributed by atoms with Crippen molar-refractivity contribution >= 4 is 21.9 Å². The van der Waals surface area contributed by atoms with Crippen LogP contribution < -0.4 is 5.32 Å². The Balaban J connectivity index is 1.43. The summed E-state index contributed by atoms with van der Waals surface area (Å²) < 4.78 is 33.7. The van der Waals surface area contributed by atoms with E-state index in [9.17, 15) is 18.0 Å². The second-order valence-corrected chi connectivity index (χ2v) is 10.4. The van der Waals surface area contributed by atoms with Crippen LogP contribution in [0.25, 0.3) is 0 Å². The lowest BCUT2D eigenvalue weighted by molar-refractivity contribution is -0.153. The van der Waals surface area contributed by atoms with E-state index < -0.39 is 21.9 Å². The van der Waals surface area contributed by atoms with Gasteiger partial charge in [0.15, 0.2) is 11.6 Å². The first kappa shape index (κ1) is 22.7. The van der Waals surface area contributed by atoms with Gasteiger partial charge in [0.05, 0.1) is 5.92 Å². The van der Waals surface area contributed by atoms with E-state index in [1.807, 2.05) is 0 Å². The standard InChI is InChI=1S/C20H32N4O5S/c1-14-4-6-17(7-5-14)22-18(25)13-29-20(26)16-8-10-24(11-9-16)30(27,28)19-12-23(3)15(2)21-19/h12,14,16-17H,4-11,13H2,1-3H3,(H,22,25). The molecule has 0 unspecified atom stereocenters. The van der Waals surface area contributed by atoms with Crippen LogP contribution in [0.4, 0.5) is 0 Å². The highest BCUT2D eigenvalue weighted by molar-refractivity contribution is 7.89. The molecule has 1 N–H and O–H groups in total. The van der Waals surface area contributed by atoms with E-state index in [2.05, 4.69) is 17.2 Å².